The molecule has 0 radical (unpaired) electrons. The molecule has 0 spiro atoms. The molecule has 1 aromatic heterocycles. The lowest BCUT2D eigenvalue weighted by Gasteiger charge is -2.06. The molecule has 0 saturated heterocycles. The van der Waals surface area contributed by atoms with Crippen molar-refractivity contribution in [1.29, 1.82) is 0 Å². The van der Waals surface area contributed by atoms with Crippen molar-refractivity contribution >= 4 is 0 Å². The van der Waals surface area contributed by atoms with Gasteiger partial charge >= 0.3 is 0 Å². The van der Waals surface area contributed by atoms with Gasteiger partial charge in [0, 0.05) is 25.4 Å². The summed E-state index contributed by atoms with van der Waals surface area (Å²) in [5.41, 5.74) is 1.01. The quantitative estimate of drug-likeness (QED) is 0.560. The van der Waals surface area contributed by atoms with Crippen LogP contribution in [0.3, 0.4) is 0 Å². The minimum absolute atomic E-state index is 0.316. The van der Waals surface area contributed by atoms with Crippen molar-refractivity contribution in [3.63, 3.8) is 0 Å². The number of aliphatic hydroxyl groups excluding tert-OH is 1. The second-order valence-corrected chi connectivity index (χ2v) is 3.79. The molecule has 0 aliphatic heterocycles. The van der Waals surface area contributed by atoms with Gasteiger partial charge in [-0.25, -0.2) is 0 Å². The monoisotopic (exact) mass is 205 g/mol. The molecule has 2 nitrogen and oxygen atoms in total. The Labute approximate surface area is 91.9 Å². The third kappa shape index (κ3) is 3.81. The van der Waals surface area contributed by atoms with Crippen LogP contribution in [0.25, 0.3) is 0 Å². The topological polar surface area (TPSA) is 25.2 Å². The number of nitrogens with zero attached hydrogens (tertiary/aromatic N) is 1. The molecular formula is C13H19NO. The molecule has 0 bridgehead atoms. The van der Waals surface area contributed by atoms with E-state index in [9.17, 15) is 5.11 Å². The van der Waals surface area contributed by atoms with E-state index in [4.69, 9.17) is 6.42 Å². The number of hydrogen-bond acceptors (Lipinski definition) is 1. The van der Waals surface area contributed by atoms with Gasteiger partial charge in [-0.15, -0.1) is 12.3 Å². The third-order valence-corrected chi connectivity index (χ3v) is 2.46. The Hall–Kier alpha value is -1.20. The van der Waals surface area contributed by atoms with Crippen molar-refractivity contribution < 1.29 is 5.11 Å². The minimum Gasteiger partial charge on any atom is -0.388 e. The summed E-state index contributed by atoms with van der Waals surface area (Å²) >= 11 is 0. The number of hydrogen-bond donors (Lipinski definition) is 1. The molecule has 15 heavy (non-hydrogen) atoms. The van der Waals surface area contributed by atoms with Gasteiger partial charge < -0.3 is 9.67 Å². The maximum atomic E-state index is 9.76. The van der Waals surface area contributed by atoms with Gasteiger partial charge in [-0.05, 0) is 24.5 Å². The molecule has 82 valence electrons. The van der Waals surface area contributed by atoms with Gasteiger partial charge in [0.25, 0.3) is 0 Å². The Kier molecular flexibility index (Phi) is 5.00. The Morgan fingerprint density at radius 1 is 1.60 bits per heavy atom. The zero-order valence-corrected chi connectivity index (χ0v) is 9.32. The smallest absolute Gasteiger partial charge is 0.0804 e. The van der Waals surface area contributed by atoms with Gasteiger partial charge in [-0.2, -0.15) is 0 Å². The highest BCUT2D eigenvalue weighted by Crippen LogP contribution is 2.18. The maximum Gasteiger partial charge on any atom is 0.0804 e. The van der Waals surface area contributed by atoms with Crippen LogP contribution in [0.2, 0.25) is 0 Å². The lowest BCUT2D eigenvalue weighted by molar-refractivity contribution is 0.166. The molecule has 1 atom stereocenters. The van der Waals surface area contributed by atoms with Crippen LogP contribution in [0.1, 0.15) is 44.3 Å². The van der Waals surface area contributed by atoms with Gasteiger partial charge in [0.15, 0.2) is 0 Å². The van der Waals surface area contributed by atoms with Crippen LogP contribution in [0.15, 0.2) is 18.5 Å². The van der Waals surface area contributed by atoms with Crippen molar-refractivity contribution in [1.82, 2.24) is 4.57 Å². The first-order valence-electron chi connectivity index (χ1n) is 5.55. The van der Waals surface area contributed by atoms with E-state index in [1.54, 1.807) is 0 Å². The van der Waals surface area contributed by atoms with Crippen LogP contribution < -0.4 is 0 Å². The summed E-state index contributed by atoms with van der Waals surface area (Å²) in [5.74, 6) is 2.63. The zero-order valence-electron chi connectivity index (χ0n) is 9.32. The van der Waals surface area contributed by atoms with E-state index in [0.717, 1.165) is 37.8 Å². The van der Waals surface area contributed by atoms with E-state index in [0.29, 0.717) is 0 Å². The molecule has 0 aromatic carbocycles. The van der Waals surface area contributed by atoms with Crippen molar-refractivity contribution in [3.05, 3.63) is 24.0 Å². The lowest BCUT2D eigenvalue weighted by atomic mass is 10.1. The summed E-state index contributed by atoms with van der Waals surface area (Å²) in [5, 5.41) is 9.76. The fraction of sp³-hybridized carbons (Fsp3) is 0.538. The van der Waals surface area contributed by atoms with Crippen LogP contribution in [0, 0.1) is 12.3 Å². The third-order valence-electron chi connectivity index (χ3n) is 2.46. The Morgan fingerprint density at radius 3 is 3.07 bits per heavy atom. The van der Waals surface area contributed by atoms with Gasteiger partial charge in [0.05, 0.1) is 6.10 Å². The van der Waals surface area contributed by atoms with Crippen molar-refractivity contribution in [2.75, 3.05) is 0 Å². The molecule has 0 aliphatic rings. The highest BCUT2D eigenvalue weighted by Gasteiger charge is 2.07. The molecule has 0 amide bonds. The Morgan fingerprint density at radius 2 is 2.40 bits per heavy atom. The SMILES string of the molecule is C#CCCCn1ccc(C(O)CCC)c1. The molecular weight excluding hydrogens is 186 g/mol. The first kappa shape index (κ1) is 11.9. The fourth-order valence-corrected chi connectivity index (χ4v) is 1.60. The largest absolute Gasteiger partial charge is 0.388 e. The standard InChI is InChI=1S/C13H19NO/c1-3-5-6-9-14-10-8-12(11-14)13(15)7-4-2/h1,8,10-11,13,15H,4-7,9H2,2H3. The summed E-state index contributed by atoms with van der Waals surface area (Å²) < 4.78 is 2.09. The lowest BCUT2D eigenvalue weighted by Crippen LogP contribution is -1.96. The number of terminal acetylenes is 1. The highest BCUT2D eigenvalue weighted by molar-refractivity contribution is 5.13. The van der Waals surface area contributed by atoms with Gasteiger partial charge in [0.1, 0.15) is 0 Å². The predicted molar refractivity (Wildman–Crippen MR) is 62.4 cm³/mol. The second-order valence-electron chi connectivity index (χ2n) is 3.79. The second kappa shape index (κ2) is 6.31. The van der Waals surface area contributed by atoms with Crippen LogP contribution in [-0.2, 0) is 6.54 Å². The molecule has 1 unspecified atom stereocenters. The number of aromatic nitrogens is 1. The molecule has 1 aromatic rings. The van der Waals surface area contributed by atoms with E-state index in [2.05, 4.69) is 17.4 Å². The van der Waals surface area contributed by atoms with E-state index >= 15 is 0 Å². The first-order valence-corrected chi connectivity index (χ1v) is 5.55. The molecule has 1 rings (SSSR count). The average molecular weight is 205 g/mol. The first-order chi connectivity index (χ1) is 7.27. The van der Waals surface area contributed by atoms with Crippen LogP contribution in [0.4, 0.5) is 0 Å². The highest BCUT2D eigenvalue weighted by atomic mass is 16.3. The van der Waals surface area contributed by atoms with Crippen LogP contribution >= 0.6 is 0 Å². The Bertz CT molecular complexity index is 322. The van der Waals surface area contributed by atoms with Gasteiger partial charge in [-0.3, -0.25) is 0 Å². The molecule has 0 saturated carbocycles. The van der Waals surface area contributed by atoms with E-state index < -0.39 is 0 Å². The average Bonchev–Trinajstić information content (AvgIpc) is 2.67. The van der Waals surface area contributed by atoms with Crippen LogP contribution in [0.5, 0.6) is 0 Å². The van der Waals surface area contributed by atoms with Crippen molar-refractivity contribution in [2.24, 2.45) is 0 Å². The zero-order chi connectivity index (χ0) is 11.1. The van der Waals surface area contributed by atoms with Crippen molar-refractivity contribution in [3.8, 4) is 12.3 Å². The number of unbranched alkanes of at least 4 members (excludes halogenated alkanes) is 1. The van der Waals surface area contributed by atoms with Crippen LogP contribution in [-0.4, -0.2) is 9.67 Å². The van der Waals surface area contributed by atoms with E-state index in [-0.39, 0.29) is 6.10 Å². The normalized spacial score (nSPS) is 12.3. The van der Waals surface area contributed by atoms with Gasteiger partial charge in [0.2, 0.25) is 0 Å². The number of aryl methyl sites for hydroxylation is 1. The maximum absolute atomic E-state index is 9.76. The summed E-state index contributed by atoms with van der Waals surface area (Å²) in [7, 11) is 0. The summed E-state index contributed by atoms with van der Waals surface area (Å²) in [4.78, 5) is 0. The van der Waals surface area contributed by atoms with Crippen molar-refractivity contribution in [2.45, 2.75) is 45.3 Å². The Balaban J connectivity index is 2.45. The van der Waals surface area contributed by atoms with E-state index in [1.807, 2.05) is 18.5 Å². The molecule has 0 fully saturated rings. The summed E-state index contributed by atoms with van der Waals surface area (Å²) in [6, 6.07) is 1.98. The van der Waals surface area contributed by atoms with E-state index in [1.165, 1.54) is 0 Å². The molecule has 0 aliphatic carbocycles. The molecule has 1 N–H and O–H groups in total. The molecule has 2 heteroatoms. The summed E-state index contributed by atoms with van der Waals surface area (Å²) in [6.07, 6.45) is 12.5. The fourth-order valence-electron chi connectivity index (χ4n) is 1.60. The number of rotatable bonds is 6. The van der Waals surface area contributed by atoms with Gasteiger partial charge in [-0.1, -0.05) is 13.3 Å². The summed E-state index contributed by atoms with van der Waals surface area (Å²) in [6.45, 7) is 3.01. The predicted octanol–water partition coefficient (Wildman–Crippen LogP) is 2.74. The molecule has 1 heterocycles. The number of aliphatic hydroxyl groups is 1. The minimum atomic E-state index is -0.316.